The molecule has 1 aliphatic rings. The monoisotopic (exact) mass is 243 g/mol. The molecule has 0 N–H and O–H groups in total. The van der Waals surface area contributed by atoms with Crippen molar-refractivity contribution in [2.75, 3.05) is 4.90 Å². The molecule has 1 saturated heterocycles. The minimum atomic E-state index is -4.37. The van der Waals surface area contributed by atoms with Gasteiger partial charge >= 0.3 is 6.18 Å². The van der Waals surface area contributed by atoms with Crippen LogP contribution in [0.2, 0.25) is 0 Å². The molecular weight excluding hydrogens is 231 g/mol. The number of nitrogens with zero attached hydrogens (tertiary/aromatic N) is 1. The summed E-state index contributed by atoms with van der Waals surface area (Å²) in [5.74, 6) is -0.460. The zero-order valence-corrected chi connectivity index (χ0v) is 9.29. The first kappa shape index (κ1) is 12.0. The summed E-state index contributed by atoms with van der Waals surface area (Å²) in [6.07, 6.45) is -4.57. The zero-order chi connectivity index (χ0) is 12.6. The SMILES string of the molecule is Cc1cccc(N2C(=O)CC[C@H]2C(F)(F)F)c1. The first-order valence-electron chi connectivity index (χ1n) is 5.35. The Bertz CT molecular complexity index is 442. The molecule has 0 aromatic heterocycles. The van der Waals surface area contributed by atoms with Crippen LogP contribution in [0.4, 0.5) is 18.9 Å². The van der Waals surface area contributed by atoms with E-state index in [-0.39, 0.29) is 12.8 Å². The maximum Gasteiger partial charge on any atom is 0.409 e. The van der Waals surface area contributed by atoms with Crippen LogP contribution in [-0.4, -0.2) is 18.1 Å². The lowest BCUT2D eigenvalue weighted by atomic mass is 10.1. The molecule has 0 aliphatic carbocycles. The fourth-order valence-corrected chi connectivity index (χ4v) is 2.10. The predicted octanol–water partition coefficient (Wildman–Crippen LogP) is 3.05. The molecule has 92 valence electrons. The minimum Gasteiger partial charge on any atom is -0.300 e. The third-order valence-corrected chi connectivity index (χ3v) is 2.87. The van der Waals surface area contributed by atoms with Gasteiger partial charge in [0.05, 0.1) is 0 Å². The highest BCUT2D eigenvalue weighted by Gasteiger charge is 2.49. The van der Waals surface area contributed by atoms with Gasteiger partial charge in [0.1, 0.15) is 6.04 Å². The summed E-state index contributed by atoms with van der Waals surface area (Å²) < 4.78 is 38.3. The van der Waals surface area contributed by atoms with Crippen LogP contribution in [0, 0.1) is 6.92 Å². The molecule has 2 rings (SSSR count). The highest BCUT2D eigenvalue weighted by molar-refractivity contribution is 5.96. The van der Waals surface area contributed by atoms with Gasteiger partial charge in [-0.1, -0.05) is 12.1 Å². The zero-order valence-electron chi connectivity index (χ0n) is 9.29. The second-order valence-corrected chi connectivity index (χ2v) is 4.20. The molecule has 1 aromatic carbocycles. The number of carbonyl (C=O) groups is 1. The van der Waals surface area contributed by atoms with Gasteiger partial charge in [-0.2, -0.15) is 13.2 Å². The maximum absolute atomic E-state index is 12.8. The highest BCUT2D eigenvalue weighted by atomic mass is 19.4. The summed E-state index contributed by atoms with van der Waals surface area (Å²) in [5, 5.41) is 0. The van der Waals surface area contributed by atoms with Crippen LogP contribution in [0.3, 0.4) is 0 Å². The summed E-state index contributed by atoms with van der Waals surface area (Å²) in [5.41, 5.74) is 1.16. The molecule has 0 radical (unpaired) electrons. The Morgan fingerprint density at radius 1 is 1.35 bits per heavy atom. The Morgan fingerprint density at radius 2 is 2.06 bits per heavy atom. The van der Waals surface area contributed by atoms with Gasteiger partial charge in [-0.15, -0.1) is 0 Å². The molecule has 1 fully saturated rings. The highest BCUT2D eigenvalue weighted by Crippen LogP contribution is 2.36. The average Bonchev–Trinajstić information content (AvgIpc) is 2.59. The van der Waals surface area contributed by atoms with Crippen molar-refractivity contribution < 1.29 is 18.0 Å². The first-order chi connectivity index (χ1) is 7.89. The third kappa shape index (κ3) is 2.28. The molecule has 1 aromatic rings. The molecule has 1 heterocycles. The second kappa shape index (κ2) is 4.05. The number of benzene rings is 1. The summed E-state index contributed by atoms with van der Waals surface area (Å²) in [4.78, 5) is 12.4. The van der Waals surface area contributed by atoms with Crippen molar-refractivity contribution >= 4 is 11.6 Å². The Hall–Kier alpha value is -1.52. The van der Waals surface area contributed by atoms with E-state index in [0.29, 0.717) is 5.69 Å². The summed E-state index contributed by atoms with van der Waals surface area (Å²) in [6, 6.07) is 4.89. The maximum atomic E-state index is 12.8. The number of hydrogen-bond acceptors (Lipinski definition) is 1. The van der Waals surface area contributed by atoms with Crippen LogP contribution in [0.1, 0.15) is 18.4 Å². The lowest BCUT2D eigenvalue weighted by Crippen LogP contribution is -2.43. The summed E-state index contributed by atoms with van der Waals surface area (Å²) >= 11 is 0. The second-order valence-electron chi connectivity index (χ2n) is 4.20. The molecule has 2 nitrogen and oxygen atoms in total. The molecular formula is C12H12F3NO. The van der Waals surface area contributed by atoms with Gasteiger partial charge < -0.3 is 4.90 Å². The van der Waals surface area contributed by atoms with Crippen LogP contribution < -0.4 is 4.90 Å². The first-order valence-corrected chi connectivity index (χ1v) is 5.35. The Morgan fingerprint density at radius 3 is 2.65 bits per heavy atom. The van der Waals surface area contributed by atoms with Gasteiger partial charge in [0, 0.05) is 12.1 Å². The van der Waals surface area contributed by atoms with Crippen molar-refractivity contribution in [3.05, 3.63) is 29.8 Å². The summed E-state index contributed by atoms with van der Waals surface area (Å²) in [7, 11) is 0. The van der Waals surface area contributed by atoms with Crippen molar-refractivity contribution in [3.63, 3.8) is 0 Å². The van der Waals surface area contributed by atoms with Crippen LogP contribution in [0.25, 0.3) is 0 Å². The number of alkyl halides is 3. The quantitative estimate of drug-likeness (QED) is 0.742. The predicted molar refractivity (Wildman–Crippen MR) is 57.7 cm³/mol. The van der Waals surface area contributed by atoms with Crippen molar-refractivity contribution in [1.82, 2.24) is 0 Å². The lowest BCUT2D eigenvalue weighted by Gasteiger charge is -2.26. The van der Waals surface area contributed by atoms with Gasteiger partial charge in [-0.3, -0.25) is 4.79 Å². The van der Waals surface area contributed by atoms with Gasteiger partial charge in [0.2, 0.25) is 5.91 Å². The standard InChI is InChI=1S/C12H12F3NO/c1-8-3-2-4-9(7-8)16-10(12(13,14)15)5-6-11(16)17/h2-4,7,10H,5-6H2,1H3/t10-/m0/s1. The Labute approximate surface area is 97.0 Å². The number of halogens is 3. The molecule has 0 bridgehead atoms. The number of hydrogen-bond donors (Lipinski definition) is 0. The summed E-state index contributed by atoms with van der Waals surface area (Å²) in [6.45, 7) is 1.78. The van der Waals surface area contributed by atoms with Gasteiger partial charge in [-0.25, -0.2) is 0 Å². The molecule has 1 amide bonds. The molecule has 1 aliphatic heterocycles. The lowest BCUT2D eigenvalue weighted by molar-refractivity contribution is -0.148. The number of aryl methyl sites for hydroxylation is 1. The van der Waals surface area contributed by atoms with E-state index in [4.69, 9.17) is 0 Å². The molecule has 1 atom stereocenters. The van der Waals surface area contributed by atoms with E-state index in [1.165, 1.54) is 6.07 Å². The van der Waals surface area contributed by atoms with E-state index in [2.05, 4.69) is 0 Å². The van der Waals surface area contributed by atoms with E-state index in [1.807, 2.05) is 0 Å². The smallest absolute Gasteiger partial charge is 0.300 e. The number of anilines is 1. The number of carbonyl (C=O) groups excluding carboxylic acids is 1. The average molecular weight is 243 g/mol. The van der Waals surface area contributed by atoms with Gasteiger partial charge in [0.15, 0.2) is 0 Å². The van der Waals surface area contributed by atoms with Gasteiger partial charge in [0.25, 0.3) is 0 Å². The van der Waals surface area contributed by atoms with E-state index in [1.54, 1.807) is 25.1 Å². The molecule has 0 unspecified atom stereocenters. The normalized spacial score (nSPS) is 21.1. The fourth-order valence-electron chi connectivity index (χ4n) is 2.10. The van der Waals surface area contributed by atoms with Crippen molar-refractivity contribution in [1.29, 1.82) is 0 Å². The van der Waals surface area contributed by atoms with Gasteiger partial charge in [-0.05, 0) is 31.0 Å². The van der Waals surface area contributed by atoms with Crippen molar-refractivity contribution in [2.45, 2.75) is 32.0 Å². The fraction of sp³-hybridized carbons (Fsp3) is 0.417. The van der Waals surface area contributed by atoms with Crippen molar-refractivity contribution in [2.24, 2.45) is 0 Å². The molecule has 0 spiro atoms. The number of rotatable bonds is 1. The molecule has 0 saturated carbocycles. The third-order valence-electron chi connectivity index (χ3n) is 2.87. The Kier molecular flexibility index (Phi) is 2.85. The van der Waals surface area contributed by atoms with E-state index in [0.717, 1.165) is 10.5 Å². The van der Waals surface area contributed by atoms with E-state index >= 15 is 0 Å². The van der Waals surface area contributed by atoms with E-state index in [9.17, 15) is 18.0 Å². The molecule has 5 heteroatoms. The van der Waals surface area contributed by atoms with Crippen molar-refractivity contribution in [3.8, 4) is 0 Å². The number of amides is 1. The minimum absolute atomic E-state index is 0.0435. The van der Waals surface area contributed by atoms with Crippen LogP contribution >= 0.6 is 0 Å². The van der Waals surface area contributed by atoms with Crippen LogP contribution in [0.5, 0.6) is 0 Å². The Balaban J connectivity index is 2.38. The largest absolute Gasteiger partial charge is 0.409 e. The molecule has 17 heavy (non-hydrogen) atoms. The van der Waals surface area contributed by atoms with Crippen LogP contribution in [0.15, 0.2) is 24.3 Å². The van der Waals surface area contributed by atoms with E-state index < -0.39 is 18.1 Å². The topological polar surface area (TPSA) is 20.3 Å². The van der Waals surface area contributed by atoms with Crippen LogP contribution in [-0.2, 0) is 4.79 Å².